The summed E-state index contributed by atoms with van der Waals surface area (Å²) in [4.78, 5) is 19.5. The summed E-state index contributed by atoms with van der Waals surface area (Å²) in [7, 11) is 0. The second-order valence-corrected chi connectivity index (χ2v) is 7.94. The molecular weight excluding hydrogens is 384 g/mol. The highest BCUT2D eigenvalue weighted by atomic mass is 35.5. The van der Waals surface area contributed by atoms with E-state index in [1.165, 1.54) is 11.1 Å². The Morgan fingerprint density at radius 2 is 1.97 bits per heavy atom. The van der Waals surface area contributed by atoms with E-state index in [4.69, 9.17) is 16.6 Å². The number of amides is 1. The predicted molar refractivity (Wildman–Crippen MR) is 112 cm³/mol. The molecule has 0 aliphatic carbocycles. The van der Waals surface area contributed by atoms with E-state index in [0.29, 0.717) is 24.5 Å². The summed E-state index contributed by atoms with van der Waals surface area (Å²) in [5.41, 5.74) is 7.53. The Labute approximate surface area is 174 Å². The number of halogens is 1. The Morgan fingerprint density at radius 3 is 2.76 bits per heavy atom. The number of aromatic nitrogens is 2. The van der Waals surface area contributed by atoms with Crippen LogP contribution in [0, 0.1) is 0 Å². The number of nitrogens with zero attached hydrogens (tertiary/aromatic N) is 4. The molecule has 1 atom stereocenters. The molecule has 0 N–H and O–H groups in total. The van der Waals surface area contributed by atoms with Crippen LogP contribution in [-0.4, -0.2) is 26.7 Å². The molecule has 0 saturated carbocycles. The average Bonchev–Trinajstić information content (AvgIpc) is 3.14. The van der Waals surface area contributed by atoms with E-state index >= 15 is 0 Å². The van der Waals surface area contributed by atoms with Gasteiger partial charge in [0.25, 0.3) is 0 Å². The largest absolute Gasteiger partial charge is 0.331 e. The molecule has 144 valence electrons. The lowest BCUT2D eigenvalue weighted by atomic mass is 9.90. The Balaban J connectivity index is 1.48. The molecule has 2 aliphatic rings. The fourth-order valence-electron chi connectivity index (χ4n) is 4.17. The van der Waals surface area contributed by atoms with Gasteiger partial charge in [-0.2, -0.15) is 10.2 Å². The molecule has 1 amide bonds. The van der Waals surface area contributed by atoms with Crippen LogP contribution in [0.4, 0.5) is 0 Å². The topological polar surface area (TPSA) is 58.5 Å². The normalized spacial score (nSPS) is 16.3. The fraction of sp³-hybridized carbons (Fsp3) is 0.217. The zero-order chi connectivity index (χ0) is 20.0. The molecule has 3 aromatic rings. The maximum absolute atomic E-state index is 12.9. The molecule has 1 aromatic heterocycles. The van der Waals surface area contributed by atoms with Crippen LogP contribution in [0.15, 0.2) is 59.9 Å². The highest BCUT2D eigenvalue weighted by Crippen LogP contribution is 2.33. The van der Waals surface area contributed by atoms with Gasteiger partial charge in [0.1, 0.15) is 0 Å². The number of fused-ring (bicyclic) bond motifs is 2. The number of carbonyl (C=O) groups excluding carboxylic acids is 1. The molecule has 2 aliphatic heterocycles. The number of aliphatic imine (C=N–C) groups is 1. The van der Waals surface area contributed by atoms with E-state index in [1.807, 2.05) is 35.2 Å². The van der Waals surface area contributed by atoms with E-state index in [0.717, 1.165) is 28.0 Å². The van der Waals surface area contributed by atoms with Crippen molar-refractivity contribution in [3.63, 3.8) is 0 Å². The van der Waals surface area contributed by atoms with Crippen molar-refractivity contribution in [1.29, 1.82) is 0 Å². The van der Waals surface area contributed by atoms with Crippen molar-refractivity contribution >= 4 is 23.2 Å². The molecule has 29 heavy (non-hydrogen) atoms. The van der Waals surface area contributed by atoms with E-state index in [2.05, 4.69) is 29.3 Å². The van der Waals surface area contributed by atoms with Gasteiger partial charge in [-0.15, -0.1) is 0 Å². The highest BCUT2D eigenvalue weighted by Gasteiger charge is 2.30. The van der Waals surface area contributed by atoms with Crippen LogP contribution < -0.4 is 0 Å². The second-order valence-electron chi connectivity index (χ2n) is 7.50. The van der Waals surface area contributed by atoms with Gasteiger partial charge in [-0.1, -0.05) is 29.8 Å². The van der Waals surface area contributed by atoms with Gasteiger partial charge in [0, 0.05) is 22.7 Å². The molecule has 6 heteroatoms. The van der Waals surface area contributed by atoms with Gasteiger partial charge in [-0.3, -0.25) is 9.79 Å². The summed E-state index contributed by atoms with van der Waals surface area (Å²) in [6.45, 7) is 3.27. The highest BCUT2D eigenvalue weighted by molar-refractivity contribution is 6.30. The van der Waals surface area contributed by atoms with Crippen molar-refractivity contribution in [2.45, 2.75) is 32.5 Å². The summed E-state index contributed by atoms with van der Waals surface area (Å²) in [5, 5.41) is 8.52. The molecule has 0 radical (unpaired) electrons. The van der Waals surface area contributed by atoms with Gasteiger partial charge in [0.2, 0.25) is 5.91 Å². The number of carbonyl (C=O) groups is 1. The first-order valence-electron chi connectivity index (χ1n) is 9.61. The zero-order valence-corrected chi connectivity index (χ0v) is 16.7. The van der Waals surface area contributed by atoms with Crippen LogP contribution in [0.1, 0.15) is 46.3 Å². The number of benzene rings is 2. The SMILES string of the molecule is C[C@H](c1cccc(Cl)c1)N1Cc2cc3c(cc2CC1=O)CN=C3c1ccnnc1. The van der Waals surface area contributed by atoms with Crippen LogP contribution >= 0.6 is 11.6 Å². The molecule has 5 nitrogen and oxygen atoms in total. The molecule has 2 aromatic carbocycles. The summed E-state index contributed by atoms with van der Waals surface area (Å²) in [6.07, 6.45) is 3.84. The van der Waals surface area contributed by atoms with Crippen molar-refractivity contribution < 1.29 is 4.79 Å². The Kier molecular flexibility index (Phi) is 4.40. The van der Waals surface area contributed by atoms with E-state index in [1.54, 1.807) is 12.4 Å². The summed E-state index contributed by atoms with van der Waals surface area (Å²) in [6, 6.07) is 14.0. The van der Waals surface area contributed by atoms with Crippen LogP contribution in [0.5, 0.6) is 0 Å². The molecule has 5 rings (SSSR count). The van der Waals surface area contributed by atoms with Crippen LogP contribution in [0.25, 0.3) is 0 Å². The maximum atomic E-state index is 12.9. The Hall–Kier alpha value is -3.05. The van der Waals surface area contributed by atoms with Gasteiger partial charge in [0.15, 0.2) is 0 Å². The van der Waals surface area contributed by atoms with Gasteiger partial charge in [0.05, 0.1) is 37.1 Å². The van der Waals surface area contributed by atoms with Crippen LogP contribution in [0.3, 0.4) is 0 Å². The lowest BCUT2D eigenvalue weighted by Crippen LogP contribution is -2.38. The molecular formula is C23H19ClN4O. The minimum absolute atomic E-state index is 0.0415. The minimum atomic E-state index is -0.0415. The molecule has 0 bridgehead atoms. The van der Waals surface area contributed by atoms with E-state index in [-0.39, 0.29) is 11.9 Å². The lowest BCUT2D eigenvalue weighted by molar-refractivity contribution is -0.134. The second kappa shape index (κ2) is 7.08. The van der Waals surface area contributed by atoms with Gasteiger partial charge < -0.3 is 4.90 Å². The Morgan fingerprint density at radius 1 is 1.07 bits per heavy atom. The van der Waals surface area contributed by atoms with Gasteiger partial charge in [-0.05, 0) is 53.4 Å². The number of hydrogen-bond acceptors (Lipinski definition) is 4. The van der Waals surface area contributed by atoms with Crippen molar-refractivity contribution in [2.75, 3.05) is 0 Å². The van der Waals surface area contributed by atoms with Gasteiger partial charge in [-0.25, -0.2) is 0 Å². The number of rotatable bonds is 3. The summed E-state index contributed by atoms with van der Waals surface area (Å²) in [5.74, 6) is 0.141. The fourth-order valence-corrected chi connectivity index (χ4v) is 4.36. The molecule has 3 heterocycles. The minimum Gasteiger partial charge on any atom is -0.331 e. The first-order chi connectivity index (χ1) is 14.1. The first-order valence-corrected chi connectivity index (χ1v) is 9.99. The smallest absolute Gasteiger partial charge is 0.227 e. The third-order valence-electron chi connectivity index (χ3n) is 5.75. The number of hydrogen-bond donors (Lipinski definition) is 0. The van der Waals surface area contributed by atoms with Gasteiger partial charge >= 0.3 is 0 Å². The molecule has 0 saturated heterocycles. The lowest BCUT2D eigenvalue weighted by Gasteiger charge is -2.34. The third kappa shape index (κ3) is 3.21. The predicted octanol–water partition coefficient (Wildman–Crippen LogP) is 4.13. The summed E-state index contributed by atoms with van der Waals surface area (Å²) >= 11 is 6.16. The third-order valence-corrected chi connectivity index (χ3v) is 5.98. The van der Waals surface area contributed by atoms with Crippen molar-refractivity contribution in [3.8, 4) is 0 Å². The first kappa shape index (κ1) is 18.0. The van der Waals surface area contributed by atoms with Crippen molar-refractivity contribution in [1.82, 2.24) is 15.1 Å². The van der Waals surface area contributed by atoms with E-state index < -0.39 is 0 Å². The summed E-state index contributed by atoms with van der Waals surface area (Å²) < 4.78 is 0. The zero-order valence-electron chi connectivity index (χ0n) is 16.0. The standard InChI is InChI=1S/C23H19ClN4O/c1-14(15-3-2-4-20(24)8-15)28-13-19-9-21-18(7-17(19)10-22(28)29)11-25-23(21)16-5-6-26-27-12-16/h2-9,12,14H,10-11,13H2,1H3/t14-/m1/s1. The maximum Gasteiger partial charge on any atom is 0.227 e. The van der Waals surface area contributed by atoms with Crippen molar-refractivity contribution in [3.05, 3.63) is 93.3 Å². The van der Waals surface area contributed by atoms with Crippen molar-refractivity contribution in [2.24, 2.45) is 4.99 Å². The monoisotopic (exact) mass is 402 g/mol. The molecule has 0 spiro atoms. The molecule has 0 fully saturated rings. The van der Waals surface area contributed by atoms with Crippen LogP contribution in [-0.2, 0) is 24.3 Å². The Bertz CT molecular complexity index is 1140. The average molecular weight is 403 g/mol. The van der Waals surface area contributed by atoms with E-state index in [9.17, 15) is 4.79 Å². The quantitative estimate of drug-likeness (QED) is 0.662. The van der Waals surface area contributed by atoms with Crippen LogP contribution in [0.2, 0.25) is 5.02 Å². The molecule has 0 unspecified atom stereocenters.